The van der Waals surface area contributed by atoms with Gasteiger partial charge in [-0.25, -0.2) is 13.1 Å². The highest BCUT2D eigenvalue weighted by molar-refractivity contribution is 7.89. The molecule has 0 amide bonds. The summed E-state index contributed by atoms with van der Waals surface area (Å²) in [5.74, 6) is 0. The van der Waals surface area contributed by atoms with Crippen LogP contribution in [0.25, 0.3) is 0 Å². The summed E-state index contributed by atoms with van der Waals surface area (Å²) in [7, 11) is -1.67. The third kappa shape index (κ3) is 4.54. The molecule has 19 heavy (non-hydrogen) atoms. The summed E-state index contributed by atoms with van der Waals surface area (Å²) >= 11 is 1.46. The minimum absolute atomic E-state index is 0.133. The van der Waals surface area contributed by atoms with Crippen molar-refractivity contribution in [2.75, 3.05) is 20.2 Å². The predicted molar refractivity (Wildman–Crippen MR) is 78.1 cm³/mol. The molecule has 0 saturated carbocycles. The van der Waals surface area contributed by atoms with E-state index in [9.17, 15) is 8.42 Å². The molecule has 0 aliphatic heterocycles. The SMILES string of the molecule is CCOC(C)CNS(=O)(=O)c1c(C)csc1CNC. The second-order valence-electron chi connectivity index (χ2n) is 4.32. The van der Waals surface area contributed by atoms with E-state index in [1.807, 2.05) is 26.2 Å². The Morgan fingerprint density at radius 2 is 2.16 bits per heavy atom. The predicted octanol–water partition coefficient (Wildman–Crippen LogP) is 1.48. The van der Waals surface area contributed by atoms with Crippen LogP contribution in [0.5, 0.6) is 0 Å². The van der Waals surface area contributed by atoms with Crippen molar-refractivity contribution in [3.8, 4) is 0 Å². The molecule has 1 aromatic rings. The van der Waals surface area contributed by atoms with Crippen molar-refractivity contribution in [2.24, 2.45) is 0 Å². The van der Waals surface area contributed by atoms with E-state index in [4.69, 9.17) is 4.74 Å². The van der Waals surface area contributed by atoms with Gasteiger partial charge in [0.2, 0.25) is 10.0 Å². The number of nitrogens with one attached hydrogen (secondary N) is 2. The maximum absolute atomic E-state index is 12.3. The second kappa shape index (κ2) is 7.35. The van der Waals surface area contributed by atoms with E-state index in [1.54, 1.807) is 7.05 Å². The molecule has 0 aliphatic rings. The largest absolute Gasteiger partial charge is 0.377 e. The van der Waals surface area contributed by atoms with Crippen LogP contribution < -0.4 is 10.0 Å². The minimum Gasteiger partial charge on any atom is -0.377 e. The summed E-state index contributed by atoms with van der Waals surface area (Å²) in [5, 5.41) is 4.86. The van der Waals surface area contributed by atoms with E-state index in [2.05, 4.69) is 10.0 Å². The molecule has 0 spiro atoms. The number of aryl methyl sites for hydroxylation is 1. The highest BCUT2D eigenvalue weighted by Crippen LogP contribution is 2.26. The van der Waals surface area contributed by atoms with E-state index < -0.39 is 10.0 Å². The Morgan fingerprint density at radius 1 is 1.47 bits per heavy atom. The van der Waals surface area contributed by atoms with Crippen LogP contribution in [0, 0.1) is 6.92 Å². The first kappa shape index (κ1) is 16.6. The van der Waals surface area contributed by atoms with Gasteiger partial charge in [0.25, 0.3) is 0 Å². The molecule has 1 rings (SSSR count). The first-order valence-electron chi connectivity index (χ1n) is 6.25. The highest BCUT2D eigenvalue weighted by atomic mass is 32.2. The van der Waals surface area contributed by atoms with Crippen LogP contribution in [-0.2, 0) is 21.3 Å². The number of rotatable bonds is 8. The van der Waals surface area contributed by atoms with Gasteiger partial charge in [-0.15, -0.1) is 11.3 Å². The van der Waals surface area contributed by atoms with Gasteiger partial charge in [0.05, 0.1) is 6.10 Å². The summed E-state index contributed by atoms with van der Waals surface area (Å²) in [5.41, 5.74) is 0.784. The first-order chi connectivity index (χ1) is 8.92. The minimum atomic E-state index is -3.47. The van der Waals surface area contributed by atoms with Gasteiger partial charge in [-0.1, -0.05) is 0 Å². The van der Waals surface area contributed by atoms with Gasteiger partial charge >= 0.3 is 0 Å². The van der Waals surface area contributed by atoms with Gasteiger partial charge < -0.3 is 10.1 Å². The van der Waals surface area contributed by atoms with Crippen LogP contribution in [0.15, 0.2) is 10.3 Å². The average molecular weight is 306 g/mol. The third-order valence-electron chi connectivity index (χ3n) is 2.61. The maximum atomic E-state index is 12.3. The molecular weight excluding hydrogens is 284 g/mol. The summed E-state index contributed by atoms with van der Waals surface area (Å²) in [6, 6.07) is 0. The Kier molecular flexibility index (Phi) is 6.41. The molecule has 1 heterocycles. The zero-order chi connectivity index (χ0) is 14.5. The molecule has 5 nitrogen and oxygen atoms in total. The zero-order valence-electron chi connectivity index (χ0n) is 11.8. The molecule has 7 heteroatoms. The van der Waals surface area contributed by atoms with Crippen molar-refractivity contribution in [1.82, 2.24) is 10.0 Å². The summed E-state index contributed by atoms with van der Waals surface area (Å²) in [4.78, 5) is 1.23. The summed E-state index contributed by atoms with van der Waals surface area (Å²) in [6.07, 6.45) is -0.133. The van der Waals surface area contributed by atoms with Crippen LogP contribution >= 0.6 is 11.3 Å². The maximum Gasteiger partial charge on any atom is 0.242 e. The Balaban J connectivity index is 2.85. The van der Waals surface area contributed by atoms with Gasteiger partial charge in [-0.2, -0.15) is 0 Å². The number of hydrogen-bond donors (Lipinski definition) is 2. The topological polar surface area (TPSA) is 67.4 Å². The van der Waals surface area contributed by atoms with Crippen LogP contribution in [0.4, 0.5) is 0 Å². The molecule has 110 valence electrons. The number of sulfonamides is 1. The molecular formula is C12H22N2O3S2. The van der Waals surface area contributed by atoms with Gasteiger partial charge in [-0.3, -0.25) is 0 Å². The first-order valence-corrected chi connectivity index (χ1v) is 8.61. The van der Waals surface area contributed by atoms with E-state index in [1.165, 1.54) is 11.3 Å². The van der Waals surface area contributed by atoms with Crippen molar-refractivity contribution < 1.29 is 13.2 Å². The molecule has 0 fully saturated rings. The lowest BCUT2D eigenvalue weighted by molar-refractivity contribution is 0.0799. The summed E-state index contributed by atoms with van der Waals surface area (Å²) in [6.45, 7) is 6.96. The highest BCUT2D eigenvalue weighted by Gasteiger charge is 2.23. The lowest BCUT2D eigenvalue weighted by Gasteiger charge is -2.14. The number of ether oxygens (including phenoxy) is 1. The van der Waals surface area contributed by atoms with Gasteiger partial charge in [0.1, 0.15) is 4.90 Å². The standard InChI is InChI=1S/C12H22N2O3S2/c1-5-17-10(3)6-14-19(15,16)12-9(2)8-18-11(12)7-13-4/h8,10,13-14H,5-7H2,1-4H3. The molecule has 0 radical (unpaired) electrons. The molecule has 0 aliphatic carbocycles. The Labute approximate surface area is 119 Å². The van der Waals surface area contributed by atoms with Gasteiger partial charge in [-0.05, 0) is 38.8 Å². The fourth-order valence-electron chi connectivity index (χ4n) is 1.77. The van der Waals surface area contributed by atoms with E-state index in [-0.39, 0.29) is 12.6 Å². The molecule has 0 aromatic carbocycles. The molecule has 1 unspecified atom stereocenters. The average Bonchev–Trinajstić information content (AvgIpc) is 2.70. The van der Waals surface area contributed by atoms with E-state index >= 15 is 0 Å². The van der Waals surface area contributed by atoms with Crippen LogP contribution in [-0.4, -0.2) is 34.7 Å². The Bertz CT molecular complexity index is 497. The van der Waals surface area contributed by atoms with Crippen molar-refractivity contribution in [1.29, 1.82) is 0 Å². The van der Waals surface area contributed by atoms with Crippen molar-refractivity contribution in [3.63, 3.8) is 0 Å². The van der Waals surface area contributed by atoms with Crippen LogP contribution in [0.2, 0.25) is 0 Å². The Hall–Kier alpha value is -0.470. The number of thiophene rings is 1. The third-order valence-corrected chi connectivity index (χ3v) is 5.49. The van der Waals surface area contributed by atoms with E-state index in [0.29, 0.717) is 18.0 Å². The van der Waals surface area contributed by atoms with Crippen molar-refractivity contribution >= 4 is 21.4 Å². The normalized spacial score (nSPS) is 13.7. The smallest absolute Gasteiger partial charge is 0.242 e. The van der Waals surface area contributed by atoms with E-state index in [0.717, 1.165) is 10.4 Å². The monoisotopic (exact) mass is 306 g/mol. The molecule has 1 atom stereocenters. The fourth-order valence-corrected chi connectivity index (χ4v) is 4.71. The fraction of sp³-hybridized carbons (Fsp3) is 0.667. The Morgan fingerprint density at radius 3 is 2.74 bits per heavy atom. The summed E-state index contributed by atoms with van der Waals surface area (Å²) < 4.78 is 32.6. The number of hydrogen-bond acceptors (Lipinski definition) is 5. The van der Waals surface area contributed by atoms with Crippen LogP contribution in [0.3, 0.4) is 0 Å². The lowest BCUT2D eigenvalue weighted by atomic mass is 10.3. The van der Waals surface area contributed by atoms with Crippen LogP contribution in [0.1, 0.15) is 24.3 Å². The molecule has 1 aromatic heterocycles. The lowest BCUT2D eigenvalue weighted by Crippen LogP contribution is -2.33. The van der Waals surface area contributed by atoms with Gasteiger partial charge in [0.15, 0.2) is 0 Å². The quantitative estimate of drug-likeness (QED) is 0.763. The van der Waals surface area contributed by atoms with Crippen molar-refractivity contribution in [2.45, 2.75) is 38.3 Å². The van der Waals surface area contributed by atoms with Crippen molar-refractivity contribution in [3.05, 3.63) is 15.8 Å². The zero-order valence-corrected chi connectivity index (χ0v) is 13.5. The van der Waals surface area contributed by atoms with Gasteiger partial charge in [0, 0.05) is 24.6 Å². The second-order valence-corrected chi connectivity index (χ2v) is 6.99. The molecule has 2 N–H and O–H groups in total. The molecule has 0 bridgehead atoms. The molecule has 0 saturated heterocycles.